The molecule has 2 unspecified atom stereocenters. The molecule has 3 nitrogen and oxygen atoms in total. The molecular formula is C21H48O3S2Si2. The Hall–Kier alpha value is 1.01. The highest BCUT2D eigenvalue weighted by molar-refractivity contribution is 8.76. The van der Waals surface area contributed by atoms with Gasteiger partial charge in [-0.05, 0) is 45.4 Å². The predicted molar refractivity (Wildman–Crippen MR) is 135 cm³/mol. The lowest BCUT2D eigenvalue weighted by molar-refractivity contribution is 0.0666. The standard InChI is InChI=1S/C21H48O3S2Si2/c1-9-20(18-27(6,7)8)14-16-25-26-17-15-21(10-2)19-28(22-11-3,23-12-4)24-13-5/h20-21H,9-19H2,1-8H3. The summed E-state index contributed by atoms with van der Waals surface area (Å²) >= 11 is 0. The van der Waals surface area contributed by atoms with E-state index in [9.17, 15) is 0 Å². The van der Waals surface area contributed by atoms with Gasteiger partial charge in [0.2, 0.25) is 0 Å². The van der Waals surface area contributed by atoms with Gasteiger partial charge < -0.3 is 13.3 Å². The van der Waals surface area contributed by atoms with Crippen LogP contribution in [0, 0.1) is 11.8 Å². The van der Waals surface area contributed by atoms with Crippen molar-refractivity contribution in [3.63, 3.8) is 0 Å². The van der Waals surface area contributed by atoms with E-state index in [1.807, 2.05) is 20.8 Å². The topological polar surface area (TPSA) is 27.7 Å². The normalized spacial score (nSPS) is 15.0. The van der Waals surface area contributed by atoms with Crippen LogP contribution in [-0.2, 0) is 13.3 Å². The van der Waals surface area contributed by atoms with Crippen molar-refractivity contribution in [2.75, 3.05) is 31.3 Å². The van der Waals surface area contributed by atoms with Crippen molar-refractivity contribution in [3.05, 3.63) is 0 Å². The zero-order valence-electron chi connectivity index (χ0n) is 20.0. The molecule has 2 atom stereocenters. The second-order valence-electron chi connectivity index (χ2n) is 8.72. The van der Waals surface area contributed by atoms with E-state index in [1.54, 1.807) is 0 Å². The van der Waals surface area contributed by atoms with Gasteiger partial charge in [0.1, 0.15) is 0 Å². The van der Waals surface area contributed by atoms with E-state index in [0.717, 1.165) is 12.0 Å². The Bertz CT molecular complexity index is 351. The molecule has 170 valence electrons. The predicted octanol–water partition coefficient (Wildman–Crippen LogP) is 7.59. The average molecular weight is 469 g/mol. The molecule has 0 N–H and O–H groups in total. The summed E-state index contributed by atoms with van der Waals surface area (Å²) in [5.74, 6) is 4.06. The molecule has 7 heteroatoms. The SMILES string of the molecule is CCO[Si](CC(CC)CCSSCCC(CC)C[Si](C)(C)C)(OCC)OCC. The fraction of sp³-hybridized carbons (Fsp3) is 1.00. The first-order chi connectivity index (χ1) is 13.3. The van der Waals surface area contributed by atoms with Crippen molar-refractivity contribution < 1.29 is 13.3 Å². The van der Waals surface area contributed by atoms with E-state index in [0.29, 0.717) is 25.7 Å². The Morgan fingerprint density at radius 1 is 0.643 bits per heavy atom. The van der Waals surface area contributed by atoms with E-state index in [-0.39, 0.29) is 0 Å². The van der Waals surface area contributed by atoms with E-state index in [1.165, 1.54) is 43.2 Å². The molecule has 0 radical (unpaired) electrons. The van der Waals surface area contributed by atoms with Crippen molar-refractivity contribution in [3.8, 4) is 0 Å². The third kappa shape index (κ3) is 14.1. The maximum Gasteiger partial charge on any atom is 0.501 e. The van der Waals surface area contributed by atoms with Gasteiger partial charge >= 0.3 is 8.80 Å². The maximum absolute atomic E-state index is 6.05. The minimum atomic E-state index is -2.51. The van der Waals surface area contributed by atoms with Crippen molar-refractivity contribution in [1.82, 2.24) is 0 Å². The first kappa shape index (κ1) is 29.0. The lowest BCUT2D eigenvalue weighted by atomic mass is 10.1. The number of hydrogen-bond acceptors (Lipinski definition) is 5. The second-order valence-corrected chi connectivity index (χ2v) is 19.6. The summed E-state index contributed by atoms with van der Waals surface area (Å²) < 4.78 is 18.2. The van der Waals surface area contributed by atoms with Gasteiger partial charge in [0.25, 0.3) is 0 Å². The van der Waals surface area contributed by atoms with E-state index in [2.05, 4.69) is 55.1 Å². The third-order valence-electron chi connectivity index (χ3n) is 4.99. The lowest BCUT2D eigenvalue weighted by Crippen LogP contribution is -2.47. The minimum absolute atomic E-state index is 0.625. The van der Waals surface area contributed by atoms with Gasteiger partial charge in [0.15, 0.2) is 0 Å². The summed E-state index contributed by atoms with van der Waals surface area (Å²) in [6.45, 7) is 20.3. The highest BCUT2D eigenvalue weighted by Crippen LogP contribution is 2.32. The van der Waals surface area contributed by atoms with E-state index < -0.39 is 16.9 Å². The highest BCUT2D eigenvalue weighted by Gasteiger charge is 2.42. The zero-order chi connectivity index (χ0) is 21.5. The van der Waals surface area contributed by atoms with Crippen LogP contribution in [0.5, 0.6) is 0 Å². The molecule has 0 fully saturated rings. The van der Waals surface area contributed by atoms with Gasteiger partial charge in [-0.3, -0.25) is 0 Å². The fourth-order valence-corrected chi connectivity index (χ4v) is 11.4. The molecule has 0 aromatic heterocycles. The molecular weight excluding hydrogens is 421 g/mol. The molecule has 0 bridgehead atoms. The van der Waals surface area contributed by atoms with Crippen LogP contribution in [0.3, 0.4) is 0 Å². The molecule has 0 saturated heterocycles. The lowest BCUT2D eigenvalue weighted by Gasteiger charge is -2.31. The monoisotopic (exact) mass is 468 g/mol. The van der Waals surface area contributed by atoms with Crippen LogP contribution in [0.4, 0.5) is 0 Å². The Morgan fingerprint density at radius 3 is 1.36 bits per heavy atom. The number of rotatable bonds is 19. The van der Waals surface area contributed by atoms with Crippen molar-refractivity contribution >= 4 is 38.5 Å². The third-order valence-corrected chi connectivity index (χ3v) is 12.5. The van der Waals surface area contributed by atoms with Crippen LogP contribution in [0.15, 0.2) is 0 Å². The van der Waals surface area contributed by atoms with Crippen LogP contribution in [0.1, 0.15) is 60.3 Å². The first-order valence-electron chi connectivity index (χ1n) is 11.4. The van der Waals surface area contributed by atoms with E-state index >= 15 is 0 Å². The maximum atomic E-state index is 6.05. The summed E-state index contributed by atoms with van der Waals surface area (Å²) in [6, 6.07) is 2.43. The van der Waals surface area contributed by atoms with Crippen LogP contribution in [0.25, 0.3) is 0 Å². The van der Waals surface area contributed by atoms with Gasteiger partial charge in [-0.15, -0.1) is 0 Å². The molecule has 0 rings (SSSR count). The molecule has 0 aromatic carbocycles. The molecule has 0 spiro atoms. The molecule has 0 heterocycles. The summed E-state index contributed by atoms with van der Waals surface area (Å²) in [5, 5.41) is 0. The summed E-state index contributed by atoms with van der Waals surface area (Å²) in [6.07, 6.45) is 5.11. The molecule has 0 amide bonds. The van der Waals surface area contributed by atoms with Crippen molar-refractivity contribution in [2.45, 2.75) is 92.0 Å². The quantitative estimate of drug-likeness (QED) is 0.111. The van der Waals surface area contributed by atoms with Crippen LogP contribution < -0.4 is 0 Å². The molecule has 0 aromatic rings. The van der Waals surface area contributed by atoms with Gasteiger partial charge in [0.05, 0.1) is 0 Å². The van der Waals surface area contributed by atoms with E-state index in [4.69, 9.17) is 13.3 Å². The summed E-state index contributed by atoms with van der Waals surface area (Å²) in [4.78, 5) is 0. The van der Waals surface area contributed by atoms with Gasteiger partial charge in [0, 0.05) is 45.4 Å². The molecule has 0 aliphatic heterocycles. The molecule has 0 saturated carbocycles. The Morgan fingerprint density at radius 2 is 1.04 bits per heavy atom. The van der Waals surface area contributed by atoms with Gasteiger partial charge in [-0.1, -0.05) is 74.0 Å². The highest BCUT2D eigenvalue weighted by atomic mass is 33.1. The number of hydrogen-bond donors (Lipinski definition) is 0. The Labute approximate surface area is 186 Å². The minimum Gasteiger partial charge on any atom is -0.374 e. The Kier molecular flexibility index (Phi) is 17.3. The largest absolute Gasteiger partial charge is 0.501 e. The van der Waals surface area contributed by atoms with Gasteiger partial charge in [-0.2, -0.15) is 0 Å². The second kappa shape index (κ2) is 16.7. The molecule has 0 aliphatic rings. The van der Waals surface area contributed by atoms with Crippen molar-refractivity contribution in [2.24, 2.45) is 11.8 Å². The van der Waals surface area contributed by atoms with Gasteiger partial charge in [-0.25, -0.2) is 0 Å². The average Bonchev–Trinajstić information content (AvgIpc) is 2.62. The molecule has 28 heavy (non-hydrogen) atoms. The first-order valence-corrected chi connectivity index (χ1v) is 19.5. The fourth-order valence-electron chi connectivity index (χ4n) is 3.63. The summed E-state index contributed by atoms with van der Waals surface area (Å²) in [7, 11) is 0.690. The van der Waals surface area contributed by atoms with Crippen LogP contribution in [-0.4, -0.2) is 48.2 Å². The van der Waals surface area contributed by atoms with Crippen molar-refractivity contribution in [1.29, 1.82) is 0 Å². The van der Waals surface area contributed by atoms with Crippen LogP contribution >= 0.6 is 21.6 Å². The molecule has 0 aliphatic carbocycles. The van der Waals surface area contributed by atoms with Crippen LogP contribution in [0.2, 0.25) is 31.7 Å². The summed E-state index contributed by atoms with van der Waals surface area (Å²) in [5.41, 5.74) is 0. The smallest absolute Gasteiger partial charge is 0.374 e. The zero-order valence-corrected chi connectivity index (χ0v) is 23.6. The Balaban J connectivity index is 4.28.